The van der Waals surface area contributed by atoms with Gasteiger partial charge >= 0.3 is 0 Å². The number of thioether (sulfide) groups is 1. The fourth-order valence-corrected chi connectivity index (χ4v) is 1.02. The van der Waals surface area contributed by atoms with Gasteiger partial charge in [0.25, 0.3) is 0 Å². The van der Waals surface area contributed by atoms with Gasteiger partial charge in [-0.1, -0.05) is 0 Å². The number of hydrogen-bond acceptors (Lipinski definition) is 1. The minimum Gasteiger partial charge on any atom is -1.00 e. The van der Waals surface area contributed by atoms with E-state index in [4.69, 9.17) is 0 Å². The Bertz CT molecular complexity index is 185. The Morgan fingerprint density at radius 1 is 1.30 bits per heavy atom. The fourth-order valence-electron chi connectivity index (χ4n) is 0.623. The lowest BCUT2D eigenvalue weighted by Crippen LogP contribution is -3.00. The minimum atomic E-state index is 0. The summed E-state index contributed by atoms with van der Waals surface area (Å²) in [5.74, 6) is 0. The van der Waals surface area contributed by atoms with Crippen LogP contribution in [0.25, 0.3) is 0 Å². The van der Waals surface area contributed by atoms with Crippen LogP contribution in [-0.2, 0) is 7.05 Å². The Balaban J connectivity index is 0.000000810. The molecule has 0 aromatic carbocycles. The average Bonchev–Trinajstić information content (AvgIpc) is 1.90. The molecule has 0 N–H and O–H groups in total. The minimum absolute atomic E-state index is 0. The summed E-state index contributed by atoms with van der Waals surface area (Å²) in [6.07, 6.45) is 6.17. The highest BCUT2D eigenvalue weighted by atomic mass is 127. The van der Waals surface area contributed by atoms with Crippen LogP contribution in [0.5, 0.6) is 0 Å². The first-order valence-electron chi connectivity index (χ1n) is 2.82. The van der Waals surface area contributed by atoms with Gasteiger partial charge in [0, 0.05) is 17.0 Å². The molecule has 1 aromatic rings. The highest BCUT2D eigenvalue weighted by Crippen LogP contribution is 2.09. The number of rotatable bonds is 1. The van der Waals surface area contributed by atoms with E-state index in [1.807, 2.05) is 24.0 Å². The van der Waals surface area contributed by atoms with Crippen LogP contribution in [0.2, 0.25) is 0 Å². The molecule has 0 amide bonds. The summed E-state index contributed by atoms with van der Waals surface area (Å²) >= 11 is 1.76. The number of nitrogens with zero attached hydrogens (tertiary/aromatic N) is 1. The number of aromatic nitrogens is 1. The zero-order valence-corrected chi connectivity index (χ0v) is 9.02. The van der Waals surface area contributed by atoms with Crippen molar-refractivity contribution in [3.05, 3.63) is 24.5 Å². The van der Waals surface area contributed by atoms with E-state index in [-0.39, 0.29) is 24.0 Å². The van der Waals surface area contributed by atoms with Crippen LogP contribution >= 0.6 is 11.8 Å². The van der Waals surface area contributed by atoms with E-state index in [0.29, 0.717) is 0 Å². The lowest BCUT2D eigenvalue weighted by atomic mass is 10.5. The first-order valence-corrected chi connectivity index (χ1v) is 4.04. The molecule has 1 nitrogen and oxygen atoms in total. The summed E-state index contributed by atoms with van der Waals surface area (Å²) in [5.41, 5.74) is 0. The van der Waals surface area contributed by atoms with Crippen LogP contribution in [0.15, 0.2) is 29.4 Å². The van der Waals surface area contributed by atoms with Gasteiger partial charge in [0.15, 0.2) is 12.4 Å². The Morgan fingerprint density at radius 2 is 1.80 bits per heavy atom. The van der Waals surface area contributed by atoms with Gasteiger partial charge in [-0.05, 0) is 6.26 Å². The average molecular weight is 267 g/mol. The van der Waals surface area contributed by atoms with E-state index in [1.165, 1.54) is 4.90 Å². The molecule has 0 saturated heterocycles. The van der Waals surface area contributed by atoms with Crippen molar-refractivity contribution in [2.75, 3.05) is 6.26 Å². The molecule has 0 fully saturated rings. The Morgan fingerprint density at radius 3 is 2.20 bits per heavy atom. The summed E-state index contributed by atoms with van der Waals surface area (Å²) in [6.45, 7) is 0. The van der Waals surface area contributed by atoms with Crippen LogP contribution in [0, 0.1) is 0 Å². The van der Waals surface area contributed by atoms with Gasteiger partial charge in [0.2, 0.25) is 0 Å². The normalized spacial score (nSPS) is 8.60. The second-order valence-corrected chi connectivity index (χ2v) is 2.78. The second-order valence-electron chi connectivity index (χ2n) is 1.90. The molecule has 0 aliphatic rings. The Labute approximate surface area is 82.9 Å². The fraction of sp³-hybridized carbons (Fsp3) is 0.286. The predicted molar refractivity (Wildman–Crippen MR) is 39.4 cm³/mol. The Hall–Kier alpha value is 0.230. The van der Waals surface area contributed by atoms with Crippen molar-refractivity contribution in [3.8, 4) is 0 Å². The van der Waals surface area contributed by atoms with E-state index in [1.54, 1.807) is 11.8 Å². The van der Waals surface area contributed by atoms with Crippen molar-refractivity contribution in [2.24, 2.45) is 7.05 Å². The van der Waals surface area contributed by atoms with Gasteiger partial charge in [-0.2, -0.15) is 0 Å². The van der Waals surface area contributed by atoms with E-state index in [0.717, 1.165) is 0 Å². The van der Waals surface area contributed by atoms with Crippen LogP contribution in [0.1, 0.15) is 0 Å². The van der Waals surface area contributed by atoms with Gasteiger partial charge in [-0.3, -0.25) is 0 Å². The lowest BCUT2D eigenvalue weighted by Gasteiger charge is -1.89. The van der Waals surface area contributed by atoms with Crippen molar-refractivity contribution >= 4 is 11.8 Å². The topological polar surface area (TPSA) is 3.88 Å². The standard InChI is InChI=1S/C7H10NS.HI/c1-8-5-3-7(9-2)4-6-8;/h3-6H,1-2H3;1H/q+1;/p-1. The molecule has 0 bridgehead atoms. The maximum absolute atomic E-state index is 2.10. The molecule has 0 unspecified atom stereocenters. The number of halogens is 1. The van der Waals surface area contributed by atoms with E-state index >= 15 is 0 Å². The highest BCUT2D eigenvalue weighted by Gasteiger charge is 1.90. The molecule has 0 radical (unpaired) electrons. The maximum Gasteiger partial charge on any atom is 0.169 e. The summed E-state index contributed by atoms with van der Waals surface area (Å²) < 4.78 is 2.03. The SMILES string of the molecule is CSc1cc[n+](C)cc1.[I-]. The van der Waals surface area contributed by atoms with Gasteiger partial charge < -0.3 is 24.0 Å². The van der Waals surface area contributed by atoms with Gasteiger partial charge in [-0.25, -0.2) is 4.57 Å². The number of hydrogen-bond donors (Lipinski definition) is 0. The summed E-state index contributed by atoms with van der Waals surface area (Å²) in [7, 11) is 2.02. The molecular weight excluding hydrogens is 257 g/mol. The van der Waals surface area contributed by atoms with Crippen LogP contribution < -0.4 is 28.5 Å². The van der Waals surface area contributed by atoms with Crippen molar-refractivity contribution in [3.63, 3.8) is 0 Å². The molecule has 1 aromatic heterocycles. The molecule has 10 heavy (non-hydrogen) atoms. The van der Waals surface area contributed by atoms with E-state index in [2.05, 4.69) is 18.4 Å². The van der Waals surface area contributed by atoms with Crippen molar-refractivity contribution in [2.45, 2.75) is 4.90 Å². The van der Waals surface area contributed by atoms with Crippen molar-refractivity contribution in [1.29, 1.82) is 0 Å². The number of aryl methyl sites for hydroxylation is 1. The van der Waals surface area contributed by atoms with Gasteiger partial charge in [0.1, 0.15) is 7.05 Å². The lowest BCUT2D eigenvalue weighted by molar-refractivity contribution is -0.671. The number of pyridine rings is 1. The molecular formula is C7H10INS. The molecule has 0 atom stereocenters. The third kappa shape index (κ3) is 2.88. The van der Waals surface area contributed by atoms with Gasteiger partial charge in [-0.15, -0.1) is 11.8 Å². The molecule has 56 valence electrons. The summed E-state index contributed by atoms with van der Waals surface area (Å²) in [6, 6.07) is 4.20. The monoisotopic (exact) mass is 267 g/mol. The molecule has 1 heterocycles. The molecule has 0 spiro atoms. The summed E-state index contributed by atoms with van der Waals surface area (Å²) in [4.78, 5) is 1.31. The third-order valence-corrected chi connectivity index (χ3v) is 1.93. The smallest absolute Gasteiger partial charge is 0.169 e. The predicted octanol–water partition coefficient (Wildman–Crippen LogP) is -1.76. The highest BCUT2D eigenvalue weighted by molar-refractivity contribution is 7.98. The van der Waals surface area contributed by atoms with Crippen LogP contribution in [0.4, 0.5) is 0 Å². The third-order valence-electron chi connectivity index (χ3n) is 1.18. The van der Waals surface area contributed by atoms with Crippen molar-refractivity contribution < 1.29 is 28.5 Å². The molecule has 0 aliphatic carbocycles. The van der Waals surface area contributed by atoms with Gasteiger partial charge in [0.05, 0.1) is 0 Å². The quantitative estimate of drug-likeness (QED) is 0.331. The van der Waals surface area contributed by atoms with Crippen molar-refractivity contribution in [1.82, 2.24) is 0 Å². The zero-order valence-electron chi connectivity index (χ0n) is 6.04. The second kappa shape index (κ2) is 4.96. The molecule has 0 saturated carbocycles. The zero-order chi connectivity index (χ0) is 6.69. The first-order chi connectivity index (χ1) is 4.33. The van der Waals surface area contributed by atoms with E-state index < -0.39 is 0 Å². The molecule has 0 aliphatic heterocycles. The first kappa shape index (κ1) is 10.2. The van der Waals surface area contributed by atoms with Crippen LogP contribution in [-0.4, -0.2) is 6.26 Å². The maximum atomic E-state index is 2.10. The van der Waals surface area contributed by atoms with E-state index in [9.17, 15) is 0 Å². The molecule has 3 heteroatoms. The largest absolute Gasteiger partial charge is 1.00 e. The van der Waals surface area contributed by atoms with Crippen LogP contribution in [0.3, 0.4) is 0 Å². The Kier molecular flexibility index (Phi) is 5.07. The molecule has 1 rings (SSSR count). The summed E-state index contributed by atoms with van der Waals surface area (Å²) in [5, 5.41) is 0.